The van der Waals surface area contributed by atoms with Crippen LogP contribution in [-0.4, -0.2) is 22.4 Å². The van der Waals surface area contributed by atoms with Gasteiger partial charge in [0.1, 0.15) is 11.6 Å². The van der Waals surface area contributed by atoms with Gasteiger partial charge in [-0.05, 0) is 53.4 Å². The van der Waals surface area contributed by atoms with Crippen molar-refractivity contribution in [3.8, 4) is 34.0 Å². The number of halogens is 2. The molecule has 0 bridgehead atoms. The molecule has 0 aliphatic heterocycles. The molecule has 0 saturated carbocycles. The van der Waals surface area contributed by atoms with E-state index in [9.17, 15) is 8.78 Å². The van der Waals surface area contributed by atoms with E-state index >= 15 is 0 Å². The Balaban J connectivity index is 1.72. The van der Waals surface area contributed by atoms with E-state index in [2.05, 4.69) is 10.1 Å². The second-order valence-electron chi connectivity index (χ2n) is 7.12. The molecule has 4 aromatic rings. The van der Waals surface area contributed by atoms with Crippen LogP contribution in [0.15, 0.2) is 59.1 Å². The lowest BCUT2D eigenvalue weighted by atomic mass is 9.94. The number of benzene rings is 3. The molecular formula is C24H20F2N2O3. The summed E-state index contributed by atoms with van der Waals surface area (Å²) in [5.41, 5.74) is 4.60. The van der Waals surface area contributed by atoms with Gasteiger partial charge >= 0.3 is 0 Å². The Hall–Kier alpha value is -3.42. The summed E-state index contributed by atoms with van der Waals surface area (Å²) >= 11 is 0. The summed E-state index contributed by atoms with van der Waals surface area (Å²) in [4.78, 5) is 4.30. The number of aryl methyl sites for hydroxylation is 1. The fraction of sp³-hybridized carbons (Fsp3) is 0.167. The van der Waals surface area contributed by atoms with Gasteiger partial charge in [-0.1, -0.05) is 35.5 Å². The summed E-state index contributed by atoms with van der Waals surface area (Å²) in [5, 5.41) is 12.9. The van der Waals surface area contributed by atoms with Crippen LogP contribution < -0.4 is 0 Å². The number of hydrogen-bond donors (Lipinski definition) is 1. The minimum atomic E-state index is -0.867. The highest BCUT2D eigenvalue weighted by Crippen LogP contribution is 2.32. The van der Waals surface area contributed by atoms with Gasteiger partial charge in [-0.2, -0.15) is 4.98 Å². The highest BCUT2D eigenvalue weighted by Gasteiger charge is 2.17. The zero-order valence-corrected chi connectivity index (χ0v) is 17.0. The first-order valence-electron chi connectivity index (χ1n) is 9.63. The number of aromatic nitrogens is 2. The summed E-state index contributed by atoms with van der Waals surface area (Å²) in [6.45, 7) is 1.70. The van der Waals surface area contributed by atoms with E-state index in [0.717, 1.165) is 34.4 Å². The Bertz CT molecular complexity index is 1210. The van der Waals surface area contributed by atoms with Gasteiger partial charge in [0.25, 0.3) is 5.89 Å². The average molecular weight is 422 g/mol. The van der Waals surface area contributed by atoms with Crippen LogP contribution in [0.4, 0.5) is 8.78 Å². The first-order chi connectivity index (χ1) is 15.0. The molecule has 4 rings (SSSR count). The van der Waals surface area contributed by atoms with Crippen LogP contribution in [-0.2, 0) is 18.0 Å². The molecular weight excluding hydrogens is 402 g/mol. The van der Waals surface area contributed by atoms with E-state index in [0.29, 0.717) is 12.2 Å². The first kappa shape index (κ1) is 20.8. The minimum Gasteiger partial charge on any atom is -0.391 e. The van der Waals surface area contributed by atoms with Gasteiger partial charge in [0.2, 0.25) is 5.82 Å². The van der Waals surface area contributed by atoms with Crippen molar-refractivity contribution in [1.82, 2.24) is 10.1 Å². The number of ether oxygens (including phenoxy) is 1. The minimum absolute atomic E-state index is 0.0496. The Morgan fingerprint density at radius 1 is 0.968 bits per heavy atom. The Morgan fingerprint density at radius 2 is 1.71 bits per heavy atom. The van der Waals surface area contributed by atoms with Gasteiger partial charge in [0.05, 0.1) is 13.2 Å². The first-order valence-corrected chi connectivity index (χ1v) is 9.63. The van der Waals surface area contributed by atoms with E-state index < -0.39 is 23.8 Å². The van der Waals surface area contributed by atoms with E-state index in [-0.39, 0.29) is 17.3 Å². The second kappa shape index (κ2) is 8.75. The van der Waals surface area contributed by atoms with Gasteiger partial charge in [-0.25, -0.2) is 8.78 Å². The molecule has 0 aliphatic rings. The summed E-state index contributed by atoms with van der Waals surface area (Å²) in [6.07, 6.45) is 0. The van der Waals surface area contributed by atoms with Crippen LogP contribution in [0.2, 0.25) is 0 Å². The molecule has 0 amide bonds. The number of methoxy groups -OCH3 is 1. The number of rotatable bonds is 6. The van der Waals surface area contributed by atoms with Crippen molar-refractivity contribution in [2.45, 2.75) is 20.1 Å². The monoisotopic (exact) mass is 422 g/mol. The largest absolute Gasteiger partial charge is 0.391 e. The number of nitrogens with zero attached hydrogens (tertiary/aromatic N) is 2. The zero-order valence-electron chi connectivity index (χ0n) is 17.0. The molecule has 0 fully saturated rings. The summed E-state index contributed by atoms with van der Waals surface area (Å²) in [6, 6.07) is 15.9. The molecule has 1 heterocycles. The van der Waals surface area contributed by atoms with Gasteiger partial charge in [0, 0.05) is 23.8 Å². The van der Waals surface area contributed by atoms with E-state index in [1.165, 1.54) is 0 Å². The molecule has 0 radical (unpaired) electrons. The van der Waals surface area contributed by atoms with Crippen molar-refractivity contribution in [2.75, 3.05) is 7.11 Å². The van der Waals surface area contributed by atoms with Crippen molar-refractivity contribution < 1.29 is 23.1 Å². The molecule has 0 unspecified atom stereocenters. The maximum absolute atomic E-state index is 14.0. The van der Waals surface area contributed by atoms with Crippen LogP contribution in [0.5, 0.6) is 0 Å². The van der Waals surface area contributed by atoms with E-state index in [1.807, 2.05) is 49.4 Å². The topological polar surface area (TPSA) is 68.4 Å². The summed E-state index contributed by atoms with van der Waals surface area (Å²) < 4.78 is 38.7. The molecule has 5 nitrogen and oxygen atoms in total. The van der Waals surface area contributed by atoms with Crippen molar-refractivity contribution >= 4 is 0 Å². The van der Waals surface area contributed by atoms with Crippen LogP contribution in [0, 0.1) is 18.6 Å². The molecule has 3 aromatic carbocycles. The lowest BCUT2D eigenvalue weighted by Crippen LogP contribution is -1.97. The quantitative estimate of drug-likeness (QED) is 0.457. The molecule has 7 heteroatoms. The van der Waals surface area contributed by atoms with Crippen molar-refractivity contribution in [3.63, 3.8) is 0 Å². The average Bonchev–Trinajstić information content (AvgIpc) is 3.25. The molecule has 31 heavy (non-hydrogen) atoms. The molecule has 158 valence electrons. The fourth-order valence-corrected chi connectivity index (χ4v) is 3.48. The van der Waals surface area contributed by atoms with Crippen LogP contribution in [0.25, 0.3) is 34.0 Å². The molecule has 0 spiro atoms. The van der Waals surface area contributed by atoms with Gasteiger partial charge in [-0.15, -0.1) is 0 Å². The number of hydrogen-bond acceptors (Lipinski definition) is 5. The lowest BCUT2D eigenvalue weighted by Gasteiger charge is -2.12. The van der Waals surface area contributed by atoms with Gasteiger partial charge in [-0.3, -0.25) is 0 Å². The maximum atomic E-state index is 14.0. The molecule has 0 aliphatic carbocycles. The molecule has 0 saturated heterocycles. The molecule has 0 atom stereocenters. The van der Waals surface area contributed by atoms with Crippen molar-refractivity contribution in [2.24, 2.45) is 0 Å². The summed E-state index contributed by atoms with van der Waals surface area (Å²) in [5.74, 6) is -1.47. The number of aliphatic hydroxyl groups is 1. The third-order valence-corrected chi connectivity index (χ3v) is 5.07. The Morgan fingerprint density at radius 3 is 2.39 bits per heavy atom. The van der Waals surface area contributed by atoms with Crippen molar-refractivity contribution in [3.05, 3.63) is 82.9 Å². The maximum Gasteiger partial charge on any atom is 0.258 e. The van der Waals surface area contributed by atoms with Crippen LogP contribution in [0.3, 0.4) is 0 Å². The zero-order chi connectivity index (χ0) is 22.0. The predicted octanol–water partition coefficient (Wildman–Crippen LogP) is 5.30. The third kappa shape index (κ3) is 4.10. The van der Waals surface area contributed by atoms with E-state index in [4.69, 9.17) is 14.4 Å². The Kier molecular flexibility index (Phi) is 5.88. The summed E-state index contributed by atoms with van der Waals surface area (Å²) in [7, 11) is 1.62. The number of aliphatic hydroxyl groups excluding tert-OH is 1. The predicted molar refractivity (Wildman–Crippen MR) is 112 cm³/mol. The molecule has 1 N–H and O–H groups in total. The highest BCUT2D eigenvalue weighted by atomic mass is 19.1. The van der Waals surface area contributed by atoms with Crippen molar-refractivity contribution in [1.29, 1.82) is 0 Å². The third-order valence-electron chi connectivity index (χ3n) is 5.07. The Labute approximate surface area is 177 Å². The standard InChI is InChI=1S/C24H20F2N2O3/c1-14-5-3-4-6-18(14)19-8-7-15(9-17(19)13-30-2)24-27-23(28-31-24)16-10-21(25)20(12-29)22(26)11-16/h3-11,29H,12-13H2,1-2H3. The molecule has 1 aromatic heterocycles. The smallest absolute Gasteiger partial charge is 0.258 e. The lowest BCUT2D eigenvalue weighted by molar-refractivity contribution is 0.185. The van der Waals surface area contributed by atoms with Gasteiger partial charge in [0.15, 0.2) is 0 Å². The normalized spacial score (nSPS) is 11.1. The highest BCUT2D eigenvalue weighted by molar-refractivity contribution is 5.74. The second-order valence-corrected chi connectivity index (χ2v) is 7.12. The van der Waals surface area contributed by atoms with Crippen LogP contribution in [0.1, 0.15) is 16.7 Å². The van der Waals surface area contributed by atoms with E-state index in [1.54, 1.807) is 7.11 Å². The van der Waals surface area contributed by atoms with Gasteiger partial charge < -0.3 is 14.4 Å². The fourth-order valence-electron chi connectivity index (χ4n) is 3.48. The van der Waals surface area contributed by atoms with Crippen LogP contribution >= 0.6 is 0 Å². The SMILES string of the molecule is COCc1cc(-c2nc(-c3cc(F)c(CO)c(F)c3)no2)ccc1-c1ccccc1C.